The first-order chi connectivity index (χ1) is 25.3. The van der Waals surface area contributed by atoms with E-state index in [9.17, 15) is 0 Å². The standard InChI is InChI=1S/C46H33N5/c1-5-16-34(17-6-1)44-33-45(35-18-7-2-8-19-35)48-46(47-44)51-42-28-14-26-40(31-42)49(36-20-9-3-10-21-36)38-24-13-25-39(30-38)50(37-22-11-4-12-23-37)41-27-15-29-43(51)32-41/h1-33H. The van der Waals surface area contributed by atoms with E-state index in [1.807, 2.05) is 36.4 Å². The zero-order valence-electron chi connectivity index (χ0n) is 27.8. The average molecular weight is 656 g/mol. The molecular formula is C46H33N5. The van der Waals surface area contributed by atoms with Crippen LogP contribution in [-0.2, 0) is 0 Å². The first-order valence-electron chi connectivity index (χ1n) is 17.1. The first kappa shape index (κ1) is 30.1. The number of para-hydroxylation sites is 2. The second-order valence-electron chi connectivity index (χ2n) is 12.4. The molecule has 0 N–H and O–H groups in total. The van der Waals surface area contributed by atoms with Gasteiger partial charge in [0.05, 0.1) is 22.8 Å². The Morgan fingerprint density at radius 3 is 0.902 bits per heavy atom. The van der Waals surface area contributed by atoms with E-state index in [1.54, 1.807) is 0 Å². The summed E-state index contributed by atoms with van der Waals surface area (Å²) in [5.41, 5.74) is 11.9. The fraction of sp³-hybridized carbons (Fsp3) is 0. The SMILES string of the molecule is c1ccc(-c2cc(-c3ccccc3)nc(N3c4cccc(c4)N(c4ccccc4)c4cccc(c4)N(c4ccccc4)c4cccc3c4)n2)cc1. The van der Waals surface area contributed by atoms with Crippen LogP contribution in [0.2, 0.25) is 0 Å². The van der Waals surface area contributed by atoms with Crippen LogP contribution in [0.1, 0.15) is 0 Å². The van der Waals surface area contributed by atoms with E-state index in [0.29, 0.717) is 5.95 Å². The number of aromatic nitrogens is 2. The second kappa shape index (κ2) is 13.1. The molecule has 2 heterocycles. The van der Waals surface area contributed by atoms with Crippen LogP contribution in [-0.4, -0.2) is 9.97 Å². The highest BCUT2D eigenvalue weighted by Crippen LogP contribution is 2.45. The average Bonchev–Trinajstić information content (AvgIpc) is 3.20. The molecule has 0 fully saturated rings. The number of anilines is 9. The number of hydrogen-bond donors (Lipinski definition) is 0. The third kappa shape index (κ3) is 5.87. The highest BCUT2D eigenvalue weighted by molar-refractivity contribution is 5.88. The van der Waals surface area contributed by atoms with Gasteiger partial charge in [-0.05, 0) is 84.9 Å². The van der Waals surface area contributed by atoms with Crippen molar-refractivity contribution in [2.75, 3.05) is 14.7 Å². The Labute approximate surface area is 298 Å². The lowest BCUT2D eigenvalue weighted by Gasteiger charge is -2.32. The predicted octanol–water partition coefficient (Wildman–Crippen LogP) is 12.5. The number of benzene rings is 7. The van der Waals surface area contributed by atoms with Crippen molar-refractivity contribution in [3.8, 4) is 22.5 Å². The molecule has 0 saturated heterocycles. The fourth-order valence-corrected chi connectivity index (χ4v) is 6.79. The minimum Gasteiger partial charge on any atom is -0.310 e. The summed E-state index contributed by atoms with van der Waals surface area (Å²) in [4.78, 5) is 17.4. The van der Waals surface area contributed by atoms with Gasteiger partial charge in [0.15, 0.2) is 0 Å². The molecule has 51 heavy (non-hydrogen) atoms. The quantitative estimate of drug-likeness (QED) is 0.184. The lowest BCUT2D eigenvalue weighted by molar-refractivity contribution is 1.08. The molecule has 6 bridgehead atoms. The van der Waals surface area contributed by atoms with Gasteiger partial charge in [0, 0.05) is 45.3 Å². The van der Waals surface area contributed by atoms with E-state index in [4.69, 9.17) is 9.97 Å². The van der Waals surface area contributed by atoms with E-state index in [0.717, 1.165) is 68.0 Å². The van der Waals surface area contributed by atoms with Gasteiger partial charge in [0.25, 0.3) is 0 Å². The molecule has 0 amide bonds. The normalized spacial score (nSPS) is 12.2. The molecule has 1 aliphatic heterocycles. The molecule has 0 unspecified atom stereocenters. The molecule has 0 aliphatic carbocycles. The van der Waals surface area contributed by atoms with Crippen molar-refractivity contribution in [3.63, 3.8) is 0 Å². The minimum atomic E-state index is 0.581. The number of nitrogens with zero attached hydrogens (tertiary/aromatic N) is 5. The Hall–Kier alpha value is -6.98. The maximum absolute atomic E-state index is 5.29. The van der Waals surface area contributed by atoms with Crippen LogP contribution >= 0.6 is 0 Å². The van der Waals surface area contributed by atoms with Gasteiger partial charge in [-0.2, -0.15) is 0 Å². The lowest BCUT2D eigenvalue weighted by atomic mass is 10.1. The molecule has 0 atom stereocenters. The van der Waals surface area contributed by atoms with Gasteiger partial charge in [0.2, 0.25) is 5.95 Å². The largest absolute Gasteiger partial charge is 0.310 e. The topological polar surface area (TPSA) is 35.5 Å². The third-order valence-corrected chi connectivity index (χ3v) is 9.12. The van der Waals surface area contributed by atoms with Gasteiger partial charge < -0.3 is 9.80 Å². The van der Waals surface area contributed by atoms with Crippen LogP contribution in [0, 0.1) is 0 Å². The summed E-state index contributed by atoms with van der Waals surface area (Å²) in [5, 5.41) is 0. The Bertz CT molecular complexity index is 2270. The van der Waals surface area contributed by atoms with Crippen molar-refractivity contribution < 1.29 is 0 Å². The van der Waals surface area contributed by atoms with Crippen LogP contribution in [0.3, 0.4) is 0 Å². The molecule has 1 aliphatic rings. The van der Waals surface area contributed by atoms with Gasteiger partial charge in [-0.15, -0.1) is 0 Å². The van der Waals surface area contributed by atoms with Crippen molar-refractivity contribution in [2.24, 2.45) is 0 Å². The van der Waals surface area contributed by atoms with Gasteiger partial charge in [-0.25, -0.2) is 9.97 Å². The molecule has 0 saturated carbocycles. The van der Waals surface area contributed by atoms with Gasteiger partial charge in [-0.1, -0.05) is 115 Å². The van der Waals surface area contributed by atoms with Crippen molar-refractivity contribution in [1.29, 1.82) is 0 Å². The van der Waals surface area contributed by atoms with Gasteiger partial charge in [-0.3, -0.25) is 4.90 Å². The molecule has 0 spiro atoms. The van der Waals surface area contributed by atoms with E-state index >= 15 is 0 Å². The monoisotopic (exact) mass is 655 g/mol. The summed E-state index contributed by atoms with van der Waals surface area (Å²) in [6.07, 6.45) is 0. The molecule has 7 aromatic carbocycles. The van der Waals surface area contributed by atoms with Crippen LogP contribution in [0.15, 0.2) is 200 Å². The van der Waals surface area contributed by atoms with Crippen LogP contribution in [0.4, 0.5) is 51.4 Å². The highest BCUT2D eigenvalue weighted by Gasteiger charge is 2.24. The summed E-state index contributed by atoms with van der Waals surface area (Å²) >= 11 is 0. The molecule has 1 aromatic heterocycles. The molecule has 9 rings (SSSR count). The Morgan fingerprint density at radius 2 is 0.549 bits per heavy atom. The predicted molar refractivity (Wildman–Crippen MR) is 211 cm³/mol. The molecule has 242 valence electrons. The molecule has 8 aromatic rings. The van der Waals surface area contributed by atoms with E-state index in [-0.39, 0.29) is 0 Å². The summed E-state index contributed by atoms with van der Waals surface area (Å²) in [6.45, 7) is 0. The zero-order chi connectivity index (χ0) is 34.0. The summed E-state index contributed by atoms with van der Waals surface area (Å²) in [5.74, 6) is 0.581. The van der Waals surface area contributed by atoms with Crippen molar-refractivity contribution in [1.82, 2.24) is 9.97 Å². The molecule has 5 nitrogen and oxygen atoms in total. The smallest absolute Gasteiger partial charge is 0.235 e. The van der Waals surface area contributed by atoms with E-state index < -0.39 is 0 Å². The molecule has 5 heteroatoms. The number of fused-ring (bicyclic) bond motifs is 6. The summed E-state index contributed by atoms with van der Waals surface area (Å²) < 4.78 is 0. The third-order valence-electron chi connectivity index (χ3n) is 9.12. The van der Waals surface area contributed by atoms with Crippen LogP contribution in [0.5, 0.6) is 0 Å². The Morgan fingerprint density at radius 1 is 0.255 bits per heavy atom. The molecule has 0 radical (unpaired) electrons. The molecular weight excluding hydrogens is 623 g/mol. The van der Waals surface area contributed by atoms with Crippen LogP contribution < -0.4 is 14.7 Å². The minimum absolute atomic E-state index is 0.581. The van der Waals surface area contributed by atoms with E-state index in [1.165, 1.54) is 0 Å². The van der Waals surface area contributed by atoms with Crippen molar-refractivity contribution in [3.05, 3.63) is 200 Å². The van der Waals surface area contributed by atoms with Crippen molar-refractivity contribution in [2.45, 2.75) is 0 Å². The highest BCUT2D eigenvalue weighted by atomic mass is 15.3. The maximum Gasteiger partial charge on any atom is 0.235 e. The Kier molecular flexibility index (Phi) is 7.76. The zero-order valence-corrected chi connectivity index (χ0v) is 27.8. The second-order valence-corrected chi connectivity index (χ2v) is 12.4. The fourth-order valence-electron chi connectivity index (χ4n) is 6.79. The summed E-state index contributed by atoms with van der Waals surface area (Å²) in [6, 6.07) is 69.8. The Balaban J connectivity index is 1.34. The number of hydrogen-bond acceptors (Lipinski definition) is 5. The van der Waals surface area contributed by atoms with Gasteiger partial charge in [0.1, 0.15) is 0 Å². The maximum atomic E-state index is 5.29. The first-order valence-corrected chi connectivity index (χ1v) is 17.1. The van der Waals surface area contributed by atoms with Gasteiger partial charge >= 0.3 is 0 Å². The summed E-state index contributed by atoms with van der Waals surface area (Å²) in [7, 11) is 0. The number of rotatable bonds is 5. The van der Waals surface area contributed by atoms with Crippen LogP contribution in [0.25, 0.3) is 22.5 Å². The lowest BCUT2D eigenvalue weighted by Crippen LogP contribution is -2.18. The van der Waals surface area contributed by atoms with E-state index in [2.05, 4.69) is 178 Å². The van der Waals surface area contributed by atoms with Crippen molar-refractivity contribution >= 4 is 51.4 Å².